The van der Waals surface area contributed by atoms with Gasteiger partial charge in [0.2, 0.25) is 0 Å². The molecule has 92 valence electrons. The first kappa shape index (κ1) is 12.8. The second-order valence-electron chi connectivity index (χ2n) is 4.92. The van der Waals surface area contributed by atoms with Gasteiger partial charge < -0.3 is 15.3 Å². The maximum Gasteiger partial charge on any atom is 0.329 e. The Morgan fingerprint density at radius 1 is 1.44 bits per heavy atom. The van der Waals surface area contributed by atoms with Crippen molar-refractivity contribution < 1.29 is 14.7 Å². The molecular formula is C11H20N2O3. The highest BCUT2D eigenvalue weighted by Gasteiger charge is 2.49. The molecule has 0 aliphatic heterocycles. The van der Waals surface area contributed by atoms with Crippen LogP contribution in [-0.2, 0) is 4.79 Å². The van der Waals surface area contributed by atoms with E-state index in [1.807, 2.05) is 13.8 Å². The Morgan fingerprint density at radius 3 is 2.25 bits per heavy atom. The van der Waals surface area contributed by atoms with Crippen molar-refractivity contribution in [3.63, 3.8) is 0 Å². The van der Waals surface area contributed by atoms with Crippen LogP contribution in [0.2, 0.25) is 0 Å². The summed E-state index contributed by atoms with van der Waals surface area (Å²) in [5, 5.41) is 11.8. The second-order valence-corrected chi connectivity index (χ2v) is 4.92. The summed E-state index contributed by atoms with van der Waals surface area (Å²) in [5.41, 5.74) is -1.12. The number of rotatable bonds is 4. The highest BCUT2D eigenvalue weighted by Crippen LogP contribution is 2.39. The van der Waals surface area contributed by atoms with Crippen molar-refractivity contribution in [2.24, 2.45) is 5.92 Å². The molecule has 5 nitrogen and oxygen atoms in total. The summed E-state index contributed by atoms with van der Waals surface area (Å²) in [6.07, 6.45) is 1.74. The highest BCUT2D eigenvalue weighted by atomic mass is 16.4. The van der Waals surface area contributed by atoms with Crippen LogP contribution in [0.15, 0.2) is 0 Å². The Hall–Kier alpha value is -1.26. The number of carbonyl (C=O) groups is 2. The molecule has 16 heavy (non-hydrogen) atoms. The molecule has 1 atom stereocenters. The number of hydrogen-bond donors (Lipinski definition) is 2. The number of nitrogens with one attached hydrogen (secondary N) is 1. The molecule has 1 unspecified atom stereocenters. The maximum absolute atomic E-state index is 11.8. The number of carboxylic acids is 1. The van der Waals surface area contributed by atoms with E-state index in [0.717, 1.165) is 12.8 Å². The standard InChI is InChI=1S/C11H20N2O3/c1-7(2)13(4)10(16)12-11(3,9(14)15)8-5-6-8/h7-8H,5-6H2,1-4H3,(H,12,16)(H,14,15). The summed E-state index contributed by atoms with van der Waals surface area (Å²) < 4.78 is 0. The normalized spacial score (nSPS) is 19.1. The van der Waals surface area contributed by atoms with Gasteiger partial charge in [-0.2, -0.15) is 0 Å². The Morgan fingerprint density at radius 2 is 1.94 bits per heavy atom. The molecule has 1 aliphatic rings. The molecule has 0 radical (unpaired) electrons. The molecule has 1 rings (SSSR count). The van der Waals surface area contributed by atoms with Crippen molar-refractivity contribution in [3.05, 3.63) is 0 Å². The monoisotopic (exact) mass is 228 g/mol. The van der Waals surface area contributed by atoms with E-state index in [9.17, 15) is 14.7 Å². The van der Waals surface area contributed by atoms with E-state index < -0.39 is 11.5 Å². The molecule has 0 spiro atoms. The van der Waals surface area contributed by atoms with Crippen LogP contribution in [0, 0.1) is 5.92 Å². The minimum absolute atomic E-state index is 0.0530. The van der Waals surface area contributed by atoms with Gasteiger partial charge in [0, 0.05) is 13.1 Å². The fourth-order valence-corrected chi connectivity index (χ4v) is 1.54. The summed E-state index contributed by atoms with van der Waals surface area (Å²) >= 11 is 0. The fourth-order valence-electron chi connectivity index (χ4n) is 1.54. The smallest absolute Gasteiger partial charge is 0.329 e. The van der Waals surface area contributed by atoms with E-state index >= 15 is 0 Å². The van der Waals surface area contributed by atoms with Crippen molar-refractivity contribution >= 4 is 12.0 Å². The van der Waals surface area contributed by atoms with Gasteiger partial charge in [0.1, 0.15) is 5.54 Å². The molecule has 1 aliphatic carbocycles. The molecule has 2 N–H and O–H groups in total. The first-order valence-electron chi connectivity index (χ1n) is 5.57. The molecule has 0 aromatic heterocycles. The van der Waals surface area contributed by atoms with E-state index in [0.29, 0.717) is 0 Å². The molecule has 0 aromatic rings. The van der Waals surface area contributed by atoms with Crippen molar-refractivity contribution in [2.75, 3.05) is 7.05 Å². The summed E-state index contributed by atoms with van der Waals surface area (Å²) in [6.45, 7) is 5.35. The Bertz CT molecular complexity index is 300. The van der Waals surface area contributed by atoms with Gasteiger partial charge in [0.15, 0.2) is 0 Å². The van der Waals surface area contributed by atoms with Crippen LogP contribution >= 0.6 is 0 Å². The zero-order valence-electron chi connectivity index (χ0n) is 10.3. The molecular weight excluding hydrogens is 208 g/mol. The van der Waals surface area contributed by atoms with Crippen molar-refractivity contribution in [2.45, 2.75) is 45.2 Å². The lowest BCUT2D eigenvalue weighted by Gasteiger charge is -2.30. The lowest BCUT2D eigenvalue weighted by atomic mass is 9.96. The van der Waals surface area contributed by atoms with Gasteiger partial charge in [-0.1, -0.05) is 0 Å². The minimum atomic E-state index is -1.12. The number of amides is 2. The molecule has 5 heteroatoms. The van der Waals surface area contributed by atoms with Gasteiger partial charge in [0.25, 0.3) is 0 Å². The zero-order chi connectivity index (χ0) is 12.5. The second kappa shape index (κ2) is 4.31. The topological polar surface area (TPSA) is 69.6 Å². The van der Waals surface area contributed by atoms with Crippen LogP contribution < -0.4 is 5.32 Å². The predicted octanol–water partition coefficient (Wildman–Crippen LogP) is 1.29. The Labute approximate surface area is 95.8 Å². The molecule has 1 fully saturated rings. The molecule has 1 saturated carbocycles. The van der Waals surface area contributed by atoms with E-state index in [4.69, 9.17) is 0 Å². The fraction of sp³-hybridized carbons (Fsp3) is 0.818. The third-order valence-corrected chi connectivity index (χ3v) is 3.30. The number of urea groups is 1. The Balaban J connectivity index is 2.69. The summed E-state index contributed by atoms with van der Waals surface area (Å²) in [5.74, 6) is -0.894. The lowest BCUT2D eigenvalue weighted by molar-refractivity contribution is -0.144. The van der Waals surface area contributed by atoms with Crippen LogP contribution in [0.1, 0.15) is 33.6 Å². The van der Waals surface area contributed by atoms with Gasteiger partial charge in [-0.25, -0.2) is 9.59 Å². The van der Waals surface area contributed by atoms with Gasteiger partial charge in [-0.15, -0.1) is 0 Å². The minimum Gasteiger partial charge on any atom is -0.480 e. The summed E-state index contributed by atoms with van der Waals surface area (Å²) in [4.78, 5) is 24.5. The summed E-state index contributed by atoms with van der Waals surface area (Å²) in [7, 11) is 1.66. The molecule has 0 bridgehead atoms. The van der Waals surface area contributed by atoms with Crippen LogP contribution in [0.5, 0.6) is 0 Å². The van der Waals surface area contributed by atoms with Crippen molar-refractivity contribution in [1.29, 1.82) is 0 Å². The lowest BCUT2D eigenvalue weighted by Crippen LogP contribution is -2.57. The van der Waals surface area contributed by atoms with E-state index in [1.165, 1.54) is 4.90 Å². The third kappa shape index (κ3) is 2.46. The van der Waals surface area contributed by atoms with E-state index in [1.54, 1.807) is 14.0 Å². The largest absolute Gasteiger partial charge is 0.480 e. The quantitative estimate of drug-likeness (QED) is 0.761. The predicted molar refractivity (Wildman–Crippen MR) is 60.2 cm³/mol. The first-order valence-corrected chi connectivity index (χ1v) is 5.57. The number of carboxylic acid groups (broad SMARTS) is 1. The van der Waals surface area contributed by atoms with Gasteiger partial charge in [-0.05, 0) is 39.5 Å². The van der Waals surface area contributed by atoms with Gasteiger partial charge in [-0.3, -0.25) is 0 Å². The van der Waals surface area contributed by atoms with Crippen LogP contribution in [0.4, 0.5) is 4.79 Å². The molecule has 0 saturated heterocycles. The van der Waals surface area contributed by atoms with Crippen molar-refractivity contribution in [1.82, 2.24) is 10.2 Å². The average Bonchev–Trinajstić information content (AvgIpc) is 2.98. The van der Waals surface area contributed by atoms with Crippen LogP contribution in [-0.4, -0.2) is 40.6 Å². The van der Waals surface area contributed by atoms with Crippen molar-refractivity contribution in [3.8, 4) is 0 Å². The Kier molecular flexibility index (Phi) is 3.45. The maximum atomic E-state index is 11.8. The van der Waals surface area contributed by atoms with Gasteiger partial charge >= 0.3 is 12.0 Å². The third-order valence-electron chi connectivity index (χ3n) is 3.30. The van der Waals surface area contributed by atoms with E-state index in [-0.39, 0.29) is 18.0 Å². The molecule has 0 heterocycles. The molecule has 0 aromatic carbocycles. The average molecular weight is 228 g/mol. The number of hydrogen-bond acceptors (Lipinski definition) is 2. The number of nitrogens with zero attached hydrogens (tertiary/aromatic N) is 1. The van der Waals surface area contributed by atoms with Crippen LogP contribution in [0.25, 0.3) is 0 Å². The number of carbonyl (C=O) groups excluding carboxylic acids is 1. The SMILES string of the molecule is CC(C)N(C)C(=O)NC(C)(C(=O)O)C1CC1. The van der Waals surface area contributed by atoms with Crippen LogP contribution in [0.3, 0.4) is 0 Å². The summed E-state index contributed by atoms with van der Waals surface area (Å²) in [6, 6.07) is -0.274. The molecule has 2 amide bonds. The highest BCUT2D eigenvalue weighted by molar-refractivity contribution is 5.86. The number of aliphatic carboxylic acids is 1. The zero-order valence-corrected chi connectivity index (χ0v) is 10.3. The first-order chi connectivity index (χ1) is 7.29. The van der Waals surface area contributed by atoms with E-state index in [2.05, 4.69) is 5.32 Å². The van der Waals surface area contributed by atoms with Gasteiger partial charge in [0.05, 0.1) is 0 Å².